The number of rotatable bonds is 4. The van der Waals surface area contributed by atoms with Crippen LogP contribution in [0, 0.1) is 0 Å². The first kappa shape index (κ1) is 12.1. The van der Waals surface area contributed by atoms with Crippen molar-refractivity contribution >= 4 is 6.41 Å². The normalized spacial score (nSPS) is 21.5. The minimum Gasteiger partial charge on any atom is -0.395 e. The second-order valence-corrected chi connectivity index (χ2v) is 4.39. The summed E-state index contributed by atoms with van der Waals surface area (Å²) in [6, 6.07) is 10.3. The van der Waals surface area contributed by atoms with Crippen molar-refractivity contribution in [2.24, 2.45) is 0 Å². The van der Waals surface area contributed by atoms with E-state index >= 15 is 0 Å². The predicted octanol–water partition coefficient (Wildman–Crippen LogP) is 0.321. The highest BCUT2D eigenvalue weighted by Gasteiger charge is 2.25. The van der Waals surface area contributed by atoms with E-state index in [1.807, 2.05) is 18.2 Å². The summed E-state index contributed by atoms with van der Waals surface area (Å²) in [7, 11) is 0. The third-order valence-electron chi connectivity index (χ3n) is 3.22. The van der Waals surface area contributed by atoms with E-state index in [2.05, 4.69) is 17.0 Å². The number of carbonyl (C=O) groups excluding carboxylic acids is 1. The average Bonchev–Trinajstić information content (AvgIpc) is 2.40. The van der Waals surface area contributed by atoms with Gasteiger partial charge in [-0.1, -0.05) is 30.3 Å². The van der Waals surface area contributed by atoms with E-state index in [0.717, 1.165) is 26.0 Å². The lowest BCUT2D eigenvalue weighted by molar-refractivity contribution is -0.121. The Hall–Kier alpha value is -1.39. The first-order chi connectivity index (χ1) is 8.33. The minimum atomic E-state index is 0.0501. The highest BCUT2D eigenvalue weighted by Crippen LogP contribution is 2.12. The molecule has 2 rings (SSSR count). The molecule has 1 unspecified atom stereocenters. The van der Waals surface area contributed by atoms with Crippen LogP contribution in [0.3, 0.4) is 0 Å². The molecular formula is C13H18N2O2. The van der Waals surface area contributed by atoms with Crippen molar-refractivity contribution in [3.63, 3.8) is 0 Å². The van der Waals surface area contributed by atoms with Crippen molar-refractivity contribution in [1.29, 1.82) is 0 Å². The number of hydrogen-bond acceptors (Lipinski definition) is 3. The van der Waals surface area contributed by atoms with Gasteiger partial charge in [-0.15, -0.1) is 0 Å². The van der Waals surface area contributed by atoms with Crippen LogP contribution in [0.5, 0.6) is 0 Å². The van der Waals surface area contributed by atoms with Crippen LogP contribution in [0.25, 0.3) is 0 Å². The van der Waals surface area contributed by atoms with Gasteiger partial charge in [-0.05, 0) is 5.56 Å². The molecule has 1 fully saturated rings. The van der Waals surface area contributed by atoms with Crippen LogP contribution in [0.15, 0.2) is 30.3 Å². The van der Waals surface area contributed by atoms with Crippen molar-refractivity contribution in [3.05, 3.63) is 35.9 Å². The zero-order chi connectivity index (χ0) is 12.1. The number of aliphatic hydroxyl groups is 1. The Bertz CT molecular complexity index is 356. The maximum absolute atomic E-state index is 10.7. The lowest BCUT2D eigenvalue weighted by Gasteiger charge is -2.39. The summed E-state index contributed by atoms with van der Waals surface area (Å²) in [5.74, 6) is 0. The first-order valence-corrected chi connectivity index (χ1v) is 5.91. The predicted molar refractivity (Wildman–Crippen MR) is 65.4 cm³/mol. The van der Waals surface area contributed by atoms with Gasteiger partial charge in [0.15, 0.2) is 0 Å². The van der Waals surface area contributed by atoms with E-state index in [9.17, 15) is 9.90 Å². The topological polar surface area (TPSA) is 43.8 Å². The molecule has 1 saturated heterocycles. The summed E-state index contributed by atoms with van der Waals surface area (Å²) < 4.78 is 0. The van der Waals surface area contributed by atoms with Crippen LogP contribution in [0.1, 0.15) is 5.56 Å². The molecule has 4 nitrogen and oxygen atoms in total. The van der Waals surface area contributed by atoms with Gasteiger partial charge in [0, 0.05) is 26.2 Å². The third-order valence-corrected chi connectivity index (χ3v) is 3.22. The monoisotopic (exact) mass is 234 g/mol. The second kappa shape index (κ2) is 5.80. The summed E-state index contributed by atoms with van der Waals surface area (Å²) in [5.41, 5.74) is 1.24. The molecule has 0 bridgehead atoms. The Morgan fingerprint density at radius 2 is 2.06 bits per heavy atom. The largest absolute Gasteiger partial charge is 0.395 e. The first-order valence-electron chi connectivity index (χ1n) is 5.91. The van der Waals surface area contributed by atoms with E-state index in [1.54, 1.807) is 4.90 Å². The number of amides is 1. The van der Waals surface area contributed by atoms with Crippen molar-refractivity contribution in [2.45, 2.75) is 12.6 Å². The van der Waals surface area contributed by atoms with Crippen molar-refractivity contribution < 1.29 is 9.90 Å². The van der Waals surface area contributed by atoms with E-state index < -0.39 is 0 Å². The fourth-order valence-corrected chi connectivity index (χ4v) is 2.21. The van der Waals surface area contributed by atoms with Crippen LogP contribution < -0.4 is 0 Å². The standard InChI is InChI=1S/C13H18N2O2/c16-10-13-9-14(11-17)6-7-15(13)8-12-4-2-1-3-5-12/h1-5,11,13,16H,6-10H2. The smallest absolute Gasteiger partial charge is 0.209 e. The van der Waals surface area contributed by atoms with Gasteiger partial charge in [0.2, 0.25) is 6.41 Å². The number of aliphatic hydroxyl groups excluding tert-OH is 1. The van der Waals surface area contributed by atoms with Crippen LogP contribution in [-0.4, -0.2) is 53.6 Å². The van der Waals surface area contributed by atoms with Gasteiger partial charge in [-0.25, -0.2) is 0 Å². The van der Waals surface area contributed by atoms with Crippen molar-refractivity contribution in [3.8, 4) is 0 Å². The molecule has 0 radical (unpaired) electrons. The van der Waals surface area contributed by atoms with E-state index in [1.165, 1.54) is 5.56 Å². The maximum Gasteiger partial charge on any atom is 0.209 e. The number of hydrogen-bond donors (Lipinski definition) is 1. The zero-order valence-corrected chi connectivity index (χ0v) is 9.83. The van der Waals surface area contributed by atoms with Gasteiger partial charge in [0.05, 0.1) is 12.6 Å². The van der Waals surface area contributed by atoms with Gasteiger partial charge in [0.1, 0.15) is 0 Å². The van der Waals surface area contributed by atoms with Crippen LogP contribution in [0.2, 0.25) is 0 Å². The SMILES string of the molecule is O=CN1CCN(Cc2ccccc2)C(CO)C1. The number of piperazine rings is 1. The quantitative estimate of drug-likeness (QED) is 0.763. The highest BCUT2D eigenvalue weighted by molar-refractivity contribution is 5.47. The molecule has 1 aliphatic heterocycles. The number of carbonyl (C=O) groups is 1. The summed E-state index contributed by atoms with van der Waals surface area (Å²) in [6.45, 7) is 3.11. The Morgan fingerprint density at radius 1 is 1.29 bits per heavy atom. The fourth-order valence-electron chi connectivity index (χ4n) is 2.21. The molecule has 17 heavy (non-hydrogen) atoms. The lowest BCUT2D eigenvalue weighted by atomic mass is 10.1. The van der Waals surface area contributed by atoms with Crippen LogP contribution in [-0.2, 0) is 11.3 Å². The lowest BCUT2D eigenvalue weighted by Crippen LogP contribution is -2.53. The van der Waals surface area contributed by atoms with Crippen molar-refractivity contribution in [2.75, 3.05) is 26.2 Å². The van der Waals surface area contributed by atoms with E-state index in [0.29, 0.717) is 6.54 Å². The Labute approximate surface area is 101 Å². The van der Waals surface area contributed by atoms with E-state index in [-0.39, 0.29) is 12.6 Å². The highest BCUT2D eigenvalue weighted by atomic mass is 16.3. The van der Waals surface area contributed by atoms with Gasteiger partial charge in [0.25, 0.3) is 0 Å². The Balaban J connectivity index is 1.98. The van der Waals surface area contributed by atoms with Gasteiger partial charge < -0.3 is 10.0 Å². The maximum atomic E-state index is 10.7. The number of benzene rings is 1. The average molecular weight is 234 g/mol. The molecule has 1 amide bonds. The fraction of sp³-hybridized carbons (Fsp3) is 0.462. The van der Waals surface area contributed by atoms with Crippen LogP contribution in [0.4, 0.5) is 0 Å². The molecule has 1 heterocycles. The molecule has 1 aromatic carbocycles. The number of nitrogens with zero attached hydrogens (tertiary/aromatic N) is 2. The molecule has 4 heteroatoms. The van der Waals surface area contributed by atoms with Gasteiger partial charge >= 0.3 is 0 Å². The molecule has 92 valence electrons. The molecule has 1 atom stereocenters. The molecule has 1 N–H and O–H groups in total. The third kappa shape index (κ3) is 3.05. The Morgan fingerprint density at radius 3 is 2.71 bits per heavy atom. The molecular weight excluding hydrogens is 216 g/mol. The van der Waals surface area contributed by atoms with Gasteiger partial charge in [-0.3, -0.25) is 9.69 Å². The summed E-state index contributed by atoms with van der Waals surface area (Å²) in [6.07, 6.45) is 0.864. The minimum absolute atomic E-state index is 0.0501. The Kier molecular flexibility index (Phi) is 4.12. The molecule has 0 aromatic heterocycles. The summed E-state index contributed by atoms with van der Waals surface area (Å²) in [4.78, 5) is 14.7. The molecule has 0 saturated carbocycles. The molecule has 1 aromatic rings. The molecule has 0 aliphatic carbocycles. The van der Waals surface area contributed by atoms with Gasteiger partial charge in [-0.2, -0.15) is 0 Å². The summed E-state index contributed by atoms with van der Waals surface area (Å²) in [5, 5.41) is 9.37. The molecule has 1 aliphatic rings. The zero-order valence-electron chi connectivity index (χ0n) is 9.83. The van der Waals surface area contributed by atoms with Crippen molar-refractivity contribution in [1.82, 2.24) is 9.80 Å². The van der Waals surface area contributed by atoms with E-state index in [4.69, 9.17) is 0 Å². The molecule has 0 spiro atoms. The summed E-state index contributed by atoms with van der Waals surface area (Å²) >= 11 is 0. The van der Waals surface area contributed by atoms with Crippen LogP contribution >= 0.6 is 0 Å². The second-order valence-electron chi connectivity index (χ2n) is 4.39.